The van der Waals surface area contributed by atoms with Crippen LogP contribution >= 0.6 is 0 Å². The van der Waals surface area contributed by atoms with Crippen LogP contribution in [0.2, 0.25) is 0 Å². The lowest BCUT2D eigenvalue weighted by molar-refractivity contribution is -0.144. The number of nitrogens with zero attached hydrogens (tertiary/aromatic N) is 2. The molecule has 1 aliphatic rings. The second kappa shape index (κ2) is 6.87. The predicted octanol–water partition coefficient (Wildman–Crippen LogP) is 1.25. The Labute approximate surface area is 123 Å². The number of carboxylic acid groups (broad SMARTS) is 1. The zero-order chi connectivity index (χ0) is 15.4. The number of carbonyl (C=O) groups is 1. The Hall–Kier alpha value is -0.650. The molecule has 5 heteroatoms. The van der Waals surface area contributed by atoms with Crippen molar-refractivity contribution < 1.29 is 9.90 Å². The summed E-state index contributed by atoms with van der Waals surface area (Å²) in [4.78, 5) is 16.2. The number of carboxylic acids is 1. The Morgan fingerprint density at radius 1 is 1.15 bits per heavy atom. The van der Waals surface area contributed by atoms with Gasteiger partial charge < -0.3 is 15.3 Å². The fraction of sp³-hybridized carbons (Fsp3) is 0.933. The second-order valence-electron chi connectivity index (χ2n) is 6.92. The van der Waals surface area contributed by atoms with Crippen LogP contribution in [0, 0.1) is 0 Å². The number of piperazine rings is 1. The molecule has 1 atom stereocenters. The molecule has 20 heavy (non-hydrogen) atoms. The number of hydrogen-bond donors (Lipinski definition) is 2. The summed E-state index contributed by atoms with van der Waals surface area (Å²) in [5.74, 6) is -0.757. The van der Waals surface area contributed by atoms with Crippen molar-refractivity contribution in [2.24, 2.45) is 0 Å². The smallest absolute Gasteiger partial charge is 0.323 e. The molecule has 1 unspecified atom stereocenters. The van der Waals surface area contributed by atoms with E-state index in [1.165, 1.54) is 0 Å². The lowest BCUT2D eigenvalue weighted by atomic mass is 9.97. The van der Waals surface area contributed by atoms with Crippen molar-refractivity contribution in [2.45, 2.75) is 52.1 Å². The Bertz CT molecular complexity index is 320. The highest BCUT2D eigenvalue weighted by atomic mass is 16.4. The molecule has 1 rings (SSSR count). The van der Waals surface area contributed by atoms with E-state index in [0.29, 0.717) is 13.0 Å². The van der Waals surface area contributed by atoms with Gasteiger partial charge in [0.1, 0.15) is 5.54 Å². The monoisotopic (exact) mass is 285 g/mol. The van der Waals surface area contributed by atoms with E-state index in [-0.39, 0.29) is 5.54 Å². The summed E-state index contributed by atoms with van der Waals surface area (Å²) in [7, 11) is 0. The molecule has 1 heterocycles. The van der Waals surface area contributed by atoms with Crippen LogP contribution < -0.4 is 5.32 Å². The van der Waals surface area contributed by atoms with Gasteiger partial charge in [0.15, 0.2) is 0 Å². The highest BCUT2D eigenvalue weighted by Crippen LogP contribution is 2.17. The topological polar surface area (TPSA) is 55.8 Å². The van der Waals surface area contributed by atoms with Crippen molar-refractivity contribution in [3.05, 3.63) is 0 Å². The normalized spacial score (nSPS) is 21.6. The third-order valence-corrected chi connectivity index (χ3v) is 4.29. The molecule has 0 amide bonds. The van der Waals surface area contributed by atoms with Crippen LogP contribution in [0.3, 0.4) is 0 Å². The fourth-order valence-corrected chi connectivity index (χ4v) is 2.69. The molecule has 1 fully saturated rings. The summed E-state index contributed by atoms with van der Waals surface area (Å²) in [6.45, 7) is 16.2. The van der Waals surface area contributed by atoms with Gasteiger partial charge in [0.05, 0.1) is 0 Å². The maximum atomic E-state index is 11.4. The van der Waals surface area contributed by atoms with Crippen LogP contribution in [0.1, 0.15) is 41.0 Å². The minimum Gasteiger partial charge on any atom is -0.480 e. The van der Waals surface area contributed by atoms with Gasteiger partial charge in [-0.2, -0.15) is 0 Å². The molecule has 0 aromatic carbocycles. The second-order valence-corrected chi connectivity index (χ2v) is 6.92. The van der Waals surface area contributed by atoms with Gasteiger partial charge in [-0.3, -0.25) is 9.69 Å². The highest BCUT2D eigenvalue weighted by Gasteiger charge is 2.33. The maximum absolute atomic E-state index is 11.4. The summed E-state index contributed by atoms with van der Waals surface area (Å²) >= 11 is 0. The van der Waals surface area contributed by atoms with Crippen molar-refractivity contribution in [3.8, 4) is 0 Å². The van der Waals surface area contributed by atoms with Gasteiger partial charge in [-0.1, -0.05) is 6.92 Å². The summed E-state index contributed by atoms with van der Waals surface area (Å²) in [5, 5.41) is 12.4. The molecule has 1 saturated heterocycles. The SMILES string of the molecule is CCNC(C)(CCN1CCN(C(C)(C)C)CC1)C(=O)O. The molecule has 0 saturated carbocycles. The van der Waals surface area contributed by atoms with Crippen molar-refractivity contribution in [2.75, 3.05) is 39.3 Å². The molecular weight excluding hydrogens is 254 g/mol. The number of nitrogens with one attached hydrogen (secondary N) is 1. The number of likely N-dealkylation sites (N-methyl/N-ethyl adjacent to an activating group) is 1. The van der Waals surface area contributed by atoms with Gasteiger partial charge in [0.2, 0.25) is 0 Å². The van der Waals surface area contributed by atoms with Crippen molar-refractivity contribution in [1.29, 1.82) is 0 Å². The lowest BCUT2D eigenvalue weighted by Gasteiger charge is -2.42. The zero-order valence-electron chi connectivity index (χ0n) is 13.7. The predicted molar refractivity (Wildman–Crippen MR) is 82.1 cm³/mol. The molecule has 0 spiro atoms. The van der Waals surface area contributed by atoms with E-state index >= 15 is 0 Å². The van der Waals surface area contributed by atoms with Gasteiger partial charge in [0.25, 0.3) is 0 Å². The van der Waals surface area contributed by atoms with Crippen LogP contribution in [-0.4, -0.2) is 71.2 Å². The molecule has 0 aromatic heterocycles. The number of aliphatic carboxylic acids is 1. The third kappa shape index (κ3) is 4.72. The van der Waals surface area contributed by atoms with Gasteiger partial charge in [-0.15, -0.1) is 0 Å². The number of hydrogen-bond acceptors (Lipinski definition) is 4. The van der Waals surface area contributed by atoms with Crippen molar-refractivity contribution >= 4 is 5.97 Å². The van der Waals surface area contributed by atoms with Crippen LogP contribution in [0.25, 0.3) is 0 Å². The maximum Gasteiger partial charge on any atom is 0.323 e. The molecule has 0 aromatic rings. The average Bonchev–Trinajstić information content (AvgIpc) is 2.36. The quantitative estimate of drug-likeness (QED) is 0.769. The highest BCUT2D eigenvalue weighted by molar-refractivity contribution is 5.78. The van der Waals surface area contributed by atoms with E-state index in [1.807, 2.05) is 6.92 Å². The molecule has 2 N–H and O–H groups in total. The van der Waals surface area contributed by atoms with E-state index in [9.17, 15) is 9.90 Å². The lowest BCUT2D eigenvalue weighted by Crippen LogP contribution is -2.55. The molecule has 118 valence electrons. The van der Waals surface area contributed by atoms with E-state index in [2.05, 4.69) is 35.9 Å². The van der Waals surface area contributed by atoms with Crippen molar-refractivity contribution in [1.82, 2.24) is 15.1 Å². The van der Waals surface area contributed by atoms with E-state index in [4.69, 9.17) is 0 Å². The third-order valence-electron chi connectivity index (χ3n) is 4.29. The Morgan fingerprint density at radius 2 is 1.70 bits per heavy atom. The molecular formula is C15H31N3O2. The van der Waals surface area contributed by atoms with Gasteiger partial charge in [-0.05, 0) is 40.7 Å². The van der Waals surface area contributed by atoms with E-state index in [1.54, 1.807) is 6.92 Å². The fourth-order valence-electron chi connectivity index (χ4n) is 2.69. The first-order valence-corrected chi connectivity index (χ1v) is 7.65. The standard InChI is InChI=1S/C15H31N3O2/c1-6-16-15(5,13(19)20)7-8-17-9-11-18(12-10-17)14(2,3)4/h16H,6-12H2,1-5H3,(H,19,20). The average molecular weight is 285 g/mol. The van der Waals surface area contributed by atoms with E-state index < -0.39 is 11.5 Å². The first-order valence-electron chi connectivity index (χ1n) is 7.65. The van der Waals surface area contributed by atoms with Crippen molar-refractivity contribution in [3.63, 3.8) is 0 Å². The minimum atomic E-state index is -0.810. The molecule has 0 bridgehead atoms. The van der Waals surface area contributed by atoms with Crippen LogP contribution in [0.15, 0.2) is 0 Å². The van der Waals surface area contributed by atoms with Gasteiger partial charge in [0, 0.05) is 38.3 Å². The Balaban J connectivity index is 2.42. The molecule has 0 radical (unpaired) electrons. The summed E-state index contributed by atoms with van der Waals surface area (Å²) in [6.07, 6.45) is 0.645. The Kier molecular flexibility index (Phi) is 5.98. The van der Waals surface area contributed by atoms with Crippen LogP contribution in [0.5, 0.6) is 0 Å². The summed E-state index contributed by atoms with van der Waals surface area (Å²) < 4.78 is 0. The van der Waals surface area contributed by atoms with Gasteiger partial charge in [-0.25, -0.2) is 0 Å². The first-order chi connectivity index (χ1) is 9.19. The molecule has 0 aliphatic carbocycles. The summed E-state index contributed by atoms with van der Waals surface area (Å²) in [5.41, 5.74) is -0.582. The zero-order valence-corrected chi connectivity index (χ0v) is 13.7. The number of rotatable bonds is 6. The molecule has 1 aliphatic heterocycles. The summed E-state index contributed by atoms with van der Waals surface area (Å²) in [6, 6.07) is 0. The first kappa shape index (κ1) is 17.4. The molecule has 5 nitrogen and oxygen atoms in total. The largest absolute Gasteiger partial charge is 0.480 e. The van der Waals surface area contributed by atoms with Crippen LogP contribution in [0.4, 0.5) is 0 Å². The Morgan fingerprint density at radius 3 is 2.10 bits per heavy atom. The van der Waals surface area contributed by atoms with Crippen LogP contribution in [-0.2, 0) is 4.79 Å². The minimum absolute atomic E-state index is 0.228. The van der Waals surface area contributed by atoms with Gasteiger partial charge >= 0.3 is 5.97 Å². The van der Waals surface area contributed by atoms with E-state index in [0.717, 1.165) is 32.7 Å².